The minimum absolute atomic E-state index is 0.0397. The van der Waals surface area contributed by atoms with E-state index in [-0.39, 0.29) is 23.5 Å². The summed E-state index contributed by atoms with van der Waals surface area (Å²) in [6.07, 6.45) is -0.787. The molecule has 0 amide bonds. The average Bonchev–Trinajstić information content (AvgIpc) is 3.05. The smallest absolute Gasteiger partial charge is 0.416 e. The van der Waals surface area contributed by atoms with Crippen molar-refractivity contribution in [2.45, 2.75) is 70.4 Å². The number of fused-ring (bicyclic) bond motifs is 3. The molecule has 198 valence electrons. The summed E-state index contributed by atoms with van der Waals surface area (Å²) in [4.78, 5) is 16.9. The molecule has 2 heterocycles. The lowest BCUT2D eigenvalue weighted by molar-refractivity contribution is -0.144. The van der Waals surface area contributed by atoms with Gasteiger partial charge in [0, 0.05) is 44.8 Å². The van der Waals surface area contributed by atoms with Crippen LogP contribution in [0.5, 0.6) is 0 Å². The van der Waals surface area contributed by atoms with E-state index in [0.29, 0.717) is 39.1 Å². The molecule has 4 atom stereocenters. The molecular weight excluding hydrogens is 476 g/mol. The van der Waals surface area contributed by atoms with Gasteiger partial charge in [-0.2, -0.15) is 13.2 Å². The molecule has 0 spiro atoms. The lowest BCUT2D eigenvalue weighted by Crippen LogP contribution is -2.56. The minimum atomic E-state index is -4.61. The molecule has 0 bridgehead atoms. The van der Waals surface area contributed by atoms with Gasteiger partial charge < -0.3 is 9.84 Å². The van der Waals surface area contributed by atoms with Crippen LogP contribution in [-0.4, -0.2) is 65.3 Å². The van der Waals surface area contributed by atoms with Crippen LogP contribution >= 0.6 is 0 Å². The van der Waals surface area contributed by atoms with Crippen LogP contribution in [0.15, 0.2) is 29.3 Å². The summed E-state index contributed by atoms with van der Waals surface area (Å²) in [5.41, 5.74) is -0.230. The quantitative estimate of drug-likeness (QED) is 0.366. The molecule has 1 N–H and O–H groups in total. The molecule has 3 fully saturated rings. The van der Waals surface area contributed by atoms with Gasteiger partial charge in [-0.1, -0.05) is 18.6 Å². The Kier molecular flexibility index (Phi) is 6.49. The van der Waals surface area contributed by atoms with E-state index in [2.05, 4.69) is 18.7 Å². The Morgan fingerprint density at radius 1 is 1.11 bits per heavy atom. The second-order valence-electron chi connectivity index (χ2n) is 11.3. The molecule has 0 radical (unpaired) electrons. The number of halogens is 4. The fraction of sp³-hybridized carbons (Fsp3) is 0.667. The van der Waals surface area contributed by atoms with Crippen molar-refractivity contribution in [3.8, 4) is 0 Å². The summed E-state index contributed by atoms with van der Waals surface area (Å²) in [5, 5.41) is 11.8. The Morgan fingerprint density at radius 2 is 1.81 bits per heavy atom. The van der Waals surface area contributed by atoms with Gasteiger partial charge >= 0.3 is 12.1 Å². The van der Waals surface area contributed by atoms with E-state index in [1.165, 1.54) is 5.57 Å². The van der Waals surface area contributed by atoms with Crippen molar-refractivity contribution in [2.24, 2.45) is 11.3 Å². The van der Waals surface area contributed by atoms with E-state index in [0.717, 1.165) is 49.5 Å². The Balaban J connectivity index is 1.25. The van der Waals surface area contributed by atoms with Crippen LogP contribution in [0.4, 0.5) is 17.6 Å². The Hall–Kier alpha value is -1.97. The summed E-state index contributed by atoms with van der Waals surface area (Å²) < 4.78 is 60.2. The molecule has 5 rings (SSSR count). The van der Waals surface area contributed by atoms with Crippen molar-refractivity contribution in [3.63, 3.8) is 0 Å². The molecule has 9 heteroatoms. The van der Waals surface area contributed by atoms with E-state index < -0.39 is 35.2 Å². The van der Waals surface area contributed by atoms with E-state index in [9.17, 15) is 27.5 Å². The summed E-state index contributed by atoms with van der Waals surface area (Å²) in [6, 6.07) is 3.05. The van der Waals surface area contributed by atoms with Crippen molar-refractivity contribution in [1.29, 1.82) is 0 Å². The maximum absolute atomic E-state index is 14.3. The van der Waals surface area contributed by atoms with Gasteiger partial charge in [-0.15, -0.1) is 0 Å². The first kappa shape index (κ1) is 25.7. The molecule has 2 saturated heterocycles. The van der Waals surface area contributed by atoms with Gasteiger partial charge in [0.15, 0.2) is 6.10 Å². The molecule has 36 heavy (non-hydrogen) atoms. The molecular formula is C27H34F4N2O3. The molecule has 1 aromatic carbocycles. The molecule has 4 aliphatic rings. The number of carbonyl (C=O) groups is 1. The van der Waals surface area contributed by atoms with Crippen molar-refractivity contribution in [2.75, 3.05) is 32.7 Å². The van der Waals surface area contributed by atoms with Crippen molar-refractivity contribution in [1.82, 2.24) is 9.80 Å². The van der Waals surface area contributed by atoms with Gasteiger partial charge in [-0.05, 0) is 62.1 Å². The normalized spacial score (nSPS) is 33.9. The maximum Gasteiger partial charge on any atom is 0.416 e. The number of aliphatic hydroxyl groups is 1. The summed E-state index contributed by atoms with van der Waals surface area (Å²) in [7, 11) is 0. The molecule has 2 aliphatic heterocycles. The zero-order valence-corrected chi connectivity index (χ0v) is 20.8. The largest absolute Gasteiger partial charge is 0.454 e. The van der Waals surface area contributed by atoms with Crippen molar-refractivity contribution in [3.05, 3.63) is 46.3 Å². The monoisotopic (exact) mass is 510 g/mol. The first-order valence-corrected chi connectivity index (χ1v) is 12.8. The van der Waals surface area contributed by atoms with E-state index in [1.54, 1.807) is 4.90 Å². The Morgan fingerprint density at radius 3 is 2.50 bits per heavy atom. The number of alkyl halides is 3. The maximum atomic E-state index is 14.3. The topological polar surface area (TPSA) is 53.0 Å². The van der Waals surface area contributed by atoms with Crippen molar-refractivity contribution >= 4 is 5.97 Å². The second kappa shape index (κ2) is 9.10. The first-order chi connectivity index (χ1) is 16.9. The highest BCUT2D eigenvalue weighted by Crippen LogP contribution is 2.57. The van der Waals surface area contributed by atoms with Crippen LogP contribution in [0, 0.1) is 17.2 Å². The minimum Gasteiger partial charge on any atom is -0.454 e. The molecule has 0 aromatic heterocycles. The number of rotatable bonds is 4. The first-order valence-electron chi connectivity index (χ1n) is 12.8. The molecule has 1 aromatic rings. The van der Waals surface area contributed by atoms with Crippen LogP contribution in [-0.2, 0) is 22.3 Å². The molecule has 2 aliphatic carbocycles. The number of hydrogen-bond donors (Lipinski definition) is 1. The molecule has 5 nitrogen and oxygen atoms in total. The van der Waals surface area contributed by atoms with Gasteiger partial charge in [0.05, 0.1) is 5.56 Å². The van der Waals surface area contributed by atoms with Gasteiger partial charge in [0.1, 0.15) is 17.3 Å². The van der Waals surface area contributed by atoms with Crippen LogP contribution in [0.1, 0.15) is 57.1 Å². The number of hydrogen-bond acceptors (Lipinski definition) is 5. The molecule has 2 unspecified atom stereocenters. The zero-order chi connectivity index (χ0) is 25.9. The van der Waals surface area contributed by atoms with Crippen LogP contribution in [0.25, 0.3) is 0 Å². The number of carbonyl (C=O) groups excluding carboxylic acids is 1. The number of piperazine rings is 1. The van der Waals surface area contributed by atoms with Gasteiger partial charge in [0.25, 0.3) is 0 Å². The highest BCUT2D eigenvalue weighted by atomic mass is 19.4. The number of nitrogens with zero attached hydrogens (tertiary/aromatic N) is 2. The fourth-order valence-corrected chi connectivity index (χ4v) is 6.93. The van der Waals surface area contributed by atoms with Crippen LogP contribution < -0.4 is 0 Å². The van der Waals surface area contributed by atoms with Gasteiger partial charge in [-0.25, -0.2) is 4.39 Å². The van der Waals surface area contributed by atoms with Crippen molar-refractivity contribution < 1.29 is 32.2 Å². The third-order valence-corrected chi connectivity index (χ3v) is 9.02. The highest BCUT2D eigenvalue weighted by Gasteiger charge is 2.63. The third-order valence-electron chi connectivity index (χ3n) is 9.02. The predicted molar refractivity (Wildman–Crippen MR) is 125 cm³/mol. The van der Waals surface area contributed by atoms with E-state index >= 15 is 0 Å². The summed E-state index contributed by atoms with van der Waals surface area (Å²) in [6.45, 7) is 6.42. The van der Waals surface area contributed by atoms with Gasteiger partial charge in [0.2, 0.25) is 0 Å². The highest BCUT2D eigenvalue weighted by molar-refractivity contribution is 5.78. The van der Waals surface area contributed by atoms with Crippen LogP contribution in [0.2, 0.25) is 0 Å². The Bertz CT molecular complexity index is 1070. The fourth-order valence-electron chi connectivity index (χ4n) is 6.93. The number of benzene rings is 1. The standard InChI is InChI=1S/C27H34F4N2O3/c1-17-5-4-8-25(2)9-10-26(35)20(24(34)36-23(26)22(17)25)16-33-13-11-32(12-14-33)15-18-19(27(29,30)31)6-3-7-21(18)28/h3,6-7,20,23,35H,4-5,8-16H2,1-2H3/t20?,23-,25+,26?/m0/s1. The Labute approximate surface area is 209 Å². The summed E-state index contributed by atoms with van der Waals surface area (Å²) in [5.74, 6) is -1.89. The number of ether oxygens (including phenoxy) is 1. The van der Waals surface area contributed by atoms with Gasteiger partial charge in [-0.3, -0.25) is 14.6 Å². The van der Waals surface area contributed by atoms with E-state index in [1.807, 2.05) is 0 Å². The number of esters is 1. The lowest BCUT2D eigenvalue weighted by Gasteiger charge is -2.49. The summed E-state index contributed by atoms with van der Waals surface area (Å²) >= 11 is 0. The third kappa shape index (κ3) is 4.37. The number of allylic oxidation sites excluding steroid dienone is 1. The molecule has 1 saturated carbocycles. The SMILES string of the molecule is CC1=C2[C@@H]3OC(=O)C(CN4CCN(Cc5c(F)cccc5C(F)(F)F)CC4)C3(O)CC[C@@]2(C)CCC1. The second-order valence-corrected chi connectivity index (χ2v) is 11.3. The average molecular weight is 511 g/mol. The predicted octanol–water partition coefficient (Wildman–Crippen LogP) is 4.54. The zero-order valence-electron chi connectivity index (χ0n) is 20.8. The van der Waals surface area contributed by atoms with Crippen LogP contribution in [0.3, 0.4) is 0 Å². The van der Waals surface area contributed by atoms with E-state index in [4.69, 9.17) is 4.74 Å². The lowest BCUT2D eigenvalue weighted by atomic mass is 9.58.